The molecule has 0 aliphatic carbocycles. The Hall–Kier alpha value is -6.59. The molecule has 0 N–H and O–H groups in total. The maximum Gasteiger partial charge on any atom is 0.188 e. The summed E-state index contributed by atoms with van der Waals surface area (Å²) < 4.78 is 23.5. The molecule has 0 unspecified atom stereocenters. The summed E-state index contributed by atoms with van der Waals surface area (Å²) in [6.07, 6.45) is 6.90. The van der Waals surface area contributed by atoms with E-state index in [2.05, 4.69) is 77.4 Å². The molecule has 0 radical (unpaired) electrons. The van der Waals surface area contributed by atoms with Crippen LogP contribution < -0.4 is 0 Å². The molecular weight excluding hydrogens is 620 g/mol. The van der Waals surface area contributed by atoms with Crippen molar-refractivity contribution in [2.75, 3.05) is 0 Å². The van der Waals surface area contributed by atoms with E-state index in [1.54, 1.807) is 12.1 Å². The van der Waals surface area contributed by atoms with Crippen molar-refractivity contribution in [1.82, 2.24) is 9.55 Å². The van der Waals surface area contributed by atoms with Crippen molar-refractivity contribution in [2.24, 2.45) is 0 Å². The Bertz CT molecular complexity index is 2350. The van der Waals surface area contributed by atoms with Crippen molar-refractivity contribution < 1.29 is 13.6 Å². The van der Waals surface area contributed by atoms with Crippen molar-refractivity contribution in [3.05, 3.63) is 216 Å². The van der Waals surface area contributed by atoms with Crippen molar-refractivity contribution in [3.63, 3.8) is 0 Å². The zero-order valence-corrected chi connectivity index (χ0v) is 27.0. The van der Waals surface area contributed by atoms with Gasteiger partial charge in [-0.25, -0.2) is 9.37 Å². The van der Waals surface area contributed by atoms with E-state index in [1.807, 2.05) is 91.4 Å². The van der Waals surface area contributed by atoms with Gasteiger partial charge in [0.05, 0.1) is 23.8 Å². The van der Waals surface area contributed by atoms with Crippen molar-refractivity contribution in [2.45, 2.75) is 5.54 Å². The fraction of sp³-hybridized carbons (Fsp3) is 0.0222. The van der Waals surface area contributed by atoms with Crippen LogP contribution in [0, 0.1) is 5.82 Å². The Morgan fingerprint density at radius 2 is 1.24 bits per heavy atom. The highest BCUT2D eigenvalue weighted by Gasteiger charge is 2.39. The first kappa shape index (κ1) is 30.7. The zero-order valence-electron chi connectivity index (χ0n) is 27.0. The van der Waals surface area contributed by atoms with E-state index in [4.69, 9.17) is 9.40 Å². The number of ketones is 1. The van der Waals surface area contributed by atoms with E-state index in [1.165, 1.54) is 12.1 Å². The number of nitrogens with zero attached hydrogens (tertiary/aromatic N) is 2. The van der Waals surface area contributed by atoms with Gasteiger partial charge in [0.1, 0.15) is 22.7 Å². The van der Waals surface area contributed by atoms with Gasteiger partial charge in [0.2, 0.25) is 0 Å². The van der Waals surface area contributed by atoms with Crippen molar-refractivity contribution in [3.8, 4) is 22.6 Å². The molecular formula is C45H31FN2O2. The van der Waals surface area contributed by atoms with Crippen LogP contribution in [0.1, 0.15) is 32.6 Å². The lowest BCUT2D eigenvalue weighted by Crippen LogP contribution is -2.37. The van der Waals surface area contributed by atoms with Gasteiger partial charge in [-0.1, -0.05) is 152 Å². The summed E-state index contributed by atoms with van der Waals surface area (Å²) in [5, 5.41) is 0.658. The van der Waals surface area contributed by atoms with Crippen LogP contribution in [0.2, 0.25) is 0 Å². The van der Waals surface area contributed by atoms with Gasteiger partial charge >= 0.3 is 0 Å². The number of aromatic nitrogens is 2. The summed E-state index contributed by atoms with van der Waals surface area (Å²) in [5.74, 6) is -0.462. The average molecular weight is 651 g/mol. The summed E-state index contributed by atoms with van der Waals surface area (Å²) in [4.78, 5) is 18.3. The van der Waals surface area contributed by atoms with Gasteiger partial charge in [-0.15, -0.1) is 0 Å². The number of carbonyl (C=O) groups excluding carboxylic acids is 1. The molecule has 0 saturated carbocycles. The highest BCUT2D eigenvalue weighted by molar-refractivity contribution is 6.09. The molecule has 0 spiro atoms. The van der Waals surface area contributed by atoms with E-state index >= 15 is 4.39 Å². The lowest BCUT2D eigenvalue weighted by molar-refractivity contribution is 0.104. The maximum atomic E-state index is 15.4. The van der Waals surface area contributed by atoms with E-state index in [-0.39, 0.29) is 5.56 Å². The van der Waals surface area contributed by atoms with Crippen molar-refractivity contribution in [1.29, 1.82) is 0 Å². The number of allylic oxidation sites excluding steroid dienone is 1. The van der Waals surface area contributed by atoms with Gasteiger partial charge in [0.15, 0.2) is 5.78 Å². The number of halogens is 1. The molecule has 0 amide bonds. The van der Waals surface area contributed by atoms with Crippen LogP contribution in [-0.4, -0.2) is 15.3 Å². The number of imidazole rings is 1. The summed E-state index contributed by atoms with van der Waals surface area (Å²) in [7, 11) is 0. The number of benzene rings is 6. The number of furan rings is 1. The highest BCUT2D eigenvalue weighted by atomic mass is 19.1. The number of carbonyl (C=O) groups is 1. The molecule has 0 bridgehead atoms. The fourth-order valence-electron chi connectivity index (χ4n) is 6.84. The largest absolute Gasteiger partial charge is 0.456 e. The second-order valence-corrected chi connectivity index (χ2v) is 12.1. The standard InChI is InChI=1S/C45H31FN2O2/c46-40-29-44-34(28-43(50-44)33-16-5-1-6-17-33)27-39(40)42(49)26-25-32-15-13-14-24-38(32)41-30-47-31-48(41)45(35-18-7-2-8-19-35,36-20-9-3-10-21-36)37-22-11-4-12-23-37/h1-31H. The van der Waals surface area contributed by atoms with Crippen LogP contribution in [-0.2, 0) is 5.54 Å². The maximum absolute atomic E-state index is 15.4. The first-order chi connectivity index (χ1) is 24.6. The van der Waals surface area contributed by atoms with E-state index in [0.29, 0.717) is 16.7 Å². The second kappa shape index (κ2) is 13.1. The van der Waals surface area contributed by atoms with Gasteiger partial charge in [-0.2, -0.15) is 0 Å². The summed E-state index contributed by atoms with van der Waals surface area (Å²) in [6.45, 7) is 0. The third-order valence-corrected chi connectivity index (χ3v) is 9.16. The normalized spacial score (nSPS) is 11.7. The van der Waals surface area contributed by atoms with E-state index in [0.717, 1.165) is 39.1 Å². The van der Waals surface area contributed by atoms with Gasteiger partial charge < -0.3 is 8.98 Å². The minimum absolute atomic E-state index is 0.0204. The molecule has 8 aromatic rings. The third-order valence-electron chi connectivity index (χ3n) is 9.16. The molecule has 50 heavy (non-hydrogen) atoms. The molecule has 5 heteroatoms. The van der Waals surface area contributed by atoms with Crippen LogP contribution in [0.4, 0.5) is 4.39 Å². The lowest BCUT2D eigenvalue weighted by Gasteiger charge is -2.38. The van der Waals surface area contributed by atoms with Crippen molar-refractivity contribution >= 4 is 22.8 Å². The molecule has 0 saturated heterocycles. The number of hydrogen-bond acceptors (Lipinski definition) is 3. The Labute approximate surface area is 289 Å². The van der Waals surface area contributed by atoms with E-state index in [9.17, 15) is 4.79 Å². The monoisotopic (exact) mass is 650 g/mol. The second-order valence-electron chi connectivity index (χ2n) is 12.1. The van der Waals surface area contributed by atoms with Crippen LogP contribution in [0.25, 0.3) is 39.6 Å². The molecule has 240 valence electrons. The molecule has 0 atom stereocenters. The average Bonchev–Trinajstić information content (AvgIpc) is 3.84. The highest BCUT2D eigenvalue weighted by Crippen LogP contribution is 2.43. The van der Waals surface area contributed by atoms with Gasteiger partial charge in [0.25, 0.3) is 0 Å². The van der Waals surface area contributed by atoms with Gasteiger partial charge in [-0.05, 0) is 40.5 Å². The summed E-state index contributed by atoms with van der Waals surface area (Å²) in [5.41, 5.74) is 6.20. The van der Waals surface area contributed by atoms with E-state index < -0.39 is 17.1 Å². The van der Waals surface area contributed by atoms with Crippen LogP contribution in [0.15, 0.2) is 187 Å². The molecule has 6 aromatic carbocycles. The zero-order chi connectivity index (χ0) is 33.9. The Balaban J connectivity index is 1.22. The molecule has 0 fully saturated rings. The Morgan fingerprint density at radius 3 is 1.86 bits per heavy atom. The number of rotatable bonds is 9. The predicted octanol–water partition coefficient (Wildman–Crippen LogP) is 10.8. The third kappa shape index (κ3) is 5.45. The summed E-state index contributed by atoms with van der Waals surface area (Å²) in [6, 6.07) is 53.4. The smallest absolute Gasteiger partial charge is 0.188 e. The Morgan fingerprint density at radius 1 is 0.680 bits per heavy atom. The molecule has 0 aliphatic rings. The number of hydrogen-bond donors (Lipinski definition) is 0. The van der Waals surface area contributed by atoms with Crippen LogP contribution in [0.5, 0.6) is 0 Å². The van der Waals surface area contributed by atoms with Crippen LogP contribution >= 0.6 is 0 Å². The minimum atomic E-state index is -0.774. The molecule has 8 rings (SSSR count). The summed E-state index contributed by atoms with van der Waals surface area (Å²) >= 11 is 0. The molecule has 2 aromatic heterocycles. The van der Waals surface area contributed by atoms with Gasteiger partial charge in [-0.3, -0.25) is 4.79 Å². The lowest BCUT2D eigenvalue weighted by atomic mass is 9.76. The quantitative estimate of drug-likeness (QED) is 0.0887. The van der Waals surface area contributed by atoms with Crippen LogP contribution in [0.3, 0.4) is 0 Å². The van der Waals surface area contributed by atoms with Gasteiger partial charge in [0, 0.05) is 22.6 Å². The Kier molecular flexibility index (Phi) is 8.07. The SMILES string of the molecule is O=C(C=Cc1ccccc1-c1cncn1C(c1ccccc1)(c1ccccc1)c1ccccc1)c1cc2cc(-c3ccccc3)oc2cc1F. The predicted molar refractivity (Wildman–Crippen MR) is 197 cm³/mol. The molecule has 2 heterocycles. The molecule has 0 aliphatic heterocycles. The first-order valence-electron chi connectivity index (χ1n) is 16.4. The topological polar surface area (TPSA) is 48.0 Å². The minimum Gasteiger partial charge on any atom is -0.456 e. The molecule has 4 nitrogen and oxygen atoms in total. The first-order valence-corrected chi connectivity index (χ1v) is 16.4. The fourth-order valence-corrected chi connectivity index (χ4v) is 6.84. The number of fused-ring (bicyclic) bond motifs is 1.